The Morgan fingerprint density at radius 1 is 0.423 bits per heavy atom. The normalized spacial score (nSPS) is 19.3. The predicted molar refractivity (Wildman–Crippen MR) is 320 cm³/mol. The second kappa shape index (κ2) is 34.6. The van der Waals surface area contributed by atoms with E-state index in [1.807, 2.05) is 86.9 Å². The van der Waals surface area contributed by atoms with Crippen LogP contribution in [0.15, 0.2) is 97.1 Å². The molecule has 4 fully saturated rings. The summed E-state index contributed by atoms with van der Waals surface area (Å²) >= 11 is 0. The summed E-state index contributed by atoms with van der Waals surface area (Å²) in [5, 5.41) is 52.9. The maximum Gasteiger partial charge on any atom is 0.207 e. The summed E-state index contributed by atoms with van der Waals surface area (Å²) < 4.78 is 20.7. The lowest BCUT2D eigenvalue weighted by atomic mass is 9.73. The molecule has 0 aliphatic heterocycles. The fourth-order valence-corrected chi connectivity index (χ4v) is 12.5. The fourth-order valence-electron chi connectivity index (χ4n) is 12.5. The van der Waals surface area contributed by atoms with Crippen molar-refractivity contribution in [2.75, 3.05) is 68.7 Å². The van der Waals surface area contributed by atoms with E-state index < -0.39 is 22.4 Å². The van der Waals surface area contributed by atoms with Gasteiger partial charge in [-0.3, -0.25) is 4.79 Å². The number of likely N-dealkylation sites (N-methyl/N-ethyl adjacent to an activating group) is 2. The topological polar surface area (TPSA) is 197 Å². The van der Waals surface area contributed by atoms with Gasteiger partial charge < -0.3 is 61.1 Å². The highest BCUT2D eigenvalue weighted by Crippen LogP contribution is 2.43. The predicted octanol–water partition coefficient (Wildman–Crippen LogP) is 11.1. The average Bonchev–Trinajstić information content (AvgIpc) is 3.47. The van der Waals surface area contributed by atoms with Gasteiger partial charge in [-0.15, -0.1) is 12.4 Å². The third kappa shape index (κ3) is 19.4. The lowest BCUT2D eigenvalue weighted by Gasteiger charge is -2.39. The lowest BCUT2D eigenvalue weighted by Crippen LogP contribution is -2.42. The SMILES string of the molecule is C.CNCC(c1ccc(OC)cc1)C1(O)CCCCC1.CNCC(c1ccc(OC)cc1)C1(O)CCCCC1.COc1ccc(C(CN)C2(O)CCCCC2)cc1.COc1ccc(C(CNC=O)C2(O)CCCCC2)cc1.Cl. The molecule has 8 rings (SSSR count). The third-order valence-corrected chi connectivity index (χ3v) is 17.0. The molecule has 438 valence electrons. The number of hydrogen-bond donors (Lipinski definition) is 8. The molecule has 0 spiro atoms. The number of nitrogens with two attached hydrogens (primary N) is 1. The van der Waals surface area contributed by atoms with Gasteiger partial charge in [-0.25, -0.2) is 0 Å². The van der Waals surface area contributed by atoms with Gasteiger partial charge in [0.1, 0.15) is 23.0 Å². The molecule has 4 aromatic carbocycles. The number of hydrogen-bond acceptors (Lipinski definition) is 12. The number of ether oxygens (including phenoxy) is 4. The Bertz CT molecular complexity index is 2120. The van der Waals surface area contributed by atoms with Crippen molar-refractivity contribution in [3.8, 4) is 23.0 Å². The van der Waals surface area contributed by atoms with E-state index in [1.54, 1.807) is 28.4 Å². The zero-order valence-electron chi connectivity index (χ0n) is 47.4. The van der Waals surface area contributed by atoms with E-state index in [9.17, 15) is 25.2 Å². The molecule has 4 aliphatic rings. The van der Waals surface area contributed by atoms with E-state index in [2.05, 4.69) is 40.2 Å². The number of rotatable bonds is 20. The fraction of sp³-hybridized carbons (Fsp3) is 0.609. The molecule has 4 aliphatic carbocycles. The molecule has 4 aromatic rings. The van der Waals surface area contributed by atoms with Crippen molar-refractivity contribution < 1.29 is 44.2 Å². The Hall–Kier alpha value is -4.44. The summed E-state index contributed by atoms with van der Waals surface area (Å²) in [5.41, 5.74) is 7.99. The van der Waals surface area contributed by atoms with Gasteiger partial charge in [0.05, 0.1) is 50.8 Å². The Labute approximate surface area is 475 Å². The maximum atomic E-state index is 11.0. The summed E-state index contributed by atoms with van der Waals surface area (Å²) in [5.74, 6) is 3.64. The molecule has 0 bridgehead atoms. The Morgan fingerprint density at radius 3 is 0.846 bits per heavy atom. The van der Waals surface area contributed by atoms with E-state index in [0.717, 1.165) is 150 Å². The minimum atomic E-state index is -0.719. The van der Waals surface area contributed by atoms with Crippen LogP contribution in [-0.2, 0) is 4.79 Å². The lowest BCUT2D eigenvalue weighted by molar-refractivity contribution is -0.110. The molecule has 4 saturated carbocycles. The highest BCUT2D eigenvalue weighted by atomic mass is 35.5. The molecule has 14 heteroatoms. The van der Waals surface area contributed by atoms with Gasteiger partial charge in [0.25, 0.3) is 0 Å². The van der Waals surface area contributed by atoms with Crippen LogP contribution in [0, 0.1) is 0 Å². The minimum absolute atomic E-state index is 0. The summed E-state index contributed by atoms with van der Waals surface area (Å²) in [7, 11) is 10.5. The van der Waals surface area contributed by atoms with Crippen molar-refractivity contribution in [3.63, 3.8) is 0 Å². The molecule has 9 N–H and O–H groups in total. The highest BCUT2D eigenvalue weighted by Gasteiger charge is 2.41. The van der Waals surface area contributed by atoms with Crippen LogP contribution in [0.3, 0.4) is 0 Å². The first kappa shape index (κ1) is 67.8. The van der Waals surface area contributed by atoms with Gasteiger partial charge in [0.15, 0.2) is 0 Å². The molecular formula is C64H101ClN4O9. The second-order valence-corrected chi connectivity index (χ2v) is 21.8. The molecule has 1 amide bonds. The van der Waals surface area contributed by atoms with Crippen LogP contribution in [-0.4, -0.2) is 118 Å². The van der Waals surface area contributed by atoms with Crippen molar-refractivity contribution in [3.05, 3.63) is 119 Å². The van der Waals surface area contributed by atoms with Crippen LogP contribution in [0.2, 0.25) is 0 Å². The molecule has 4 unspecified atom stereocenters. The number of nitrogens with one attached hydrogen (secondary N) is 3. The molecule has 0 saturated heterocycles. The maximum absolute atomic E-state index is 11.0. The summed E-state index contributed by atoms with van der Waals surface area (Å²) in [6.07, 6.45) is 21.4. The number of aliphatic hydroxyl groups is 4. The largest absolute Gasteiger partial charge is 0.497 e. The first-order chi connectivity index (χ1) is 36.8. The van der Waals surface area contributed by atoms with Crippen molar-refractivity contribution in [1.29, 1.82) is 0 Å². The second-order valence-electron chi connectivity index (χ2n) is 21.8. The molecule has 0 radical (unpaired) electrons. The van der Waals surface area contributed by atoms with Crippen molar-refractivity contribution >= 4 is 18.8 Å². The first-order valence-electron chi connectivity index (χ1n) is 28.4. The summed E-state index contributed by atoms with van der Waals surface area (Å²) in [6, 6.07) is 31.9. The van der Waals surface area contributed by atoms with Gasteiger partial charge in [0, 0.05) is 49.9 Å². The standard InChI is InChI=1S/C16H23NO3.2C16H25NO2.C15H23NO2.CH4.ClH/c1-20-14-7-5-13(6-8-14)15(11-17-12-18)16(19)9-3-2-4-10-16;2*1-17-12-15(16(18)10-4-3-5-11-16)13-6-8-14(19-2)9-7-13;1-18-13-7-5-12(6-8-13)14(11-16)15(17)9-3-2-4-10-15;;/h5-8,12,15,19H,2-4,9-11H2,1H3,(H,17,18);2*6-9,15,17-18H,3-5,10-12H2,1-2H3;5-8,14,17H,2-4,9-11,16H2,1H3;1H4;1H. The number of carbonyl (C=O) groups is 1. The molecule has 78 heavy (non-hydrogen) atoms. The van der Waals surface area contributed by atoms with Crippen LogP contribution in [0.25, 0.3) is 0 Å². The third-order valence-electron chi connectivity index (χ3n) is 17.0. The molecule has 13 nitrogen and oxygen atoms in total. The number of benzene rings is 4. The van der Waals surface area contributed by atoms with E-state index in [4.69, 9.17) is 24.7 Å². The molecule has 0 heterocycles. The first-order valence-corrected chi connectivity index (χ1v) is 28.4. The average molecular weight is 1110 g/mol. The van der Waals surface area contributed by atoms with Gasteiger partial charge in [-0.2, -0.15) is 0 Å². The van der Waals surface area contributed by atoms with E-state index in [0.29, 0.717) is 19.5 Å². The van der Waals surface area contributed by atoms with Gasteiger partial charge in [0.2, 0.25) is 6.41 Å². The van der Waals surface area contributed by atoms with Crippen LogP contribution < -0.4 is 40.6 Å². The molecule has 0 aromatic heterocycles. The molecule has 4 atom stereocenters. The minimum Gasteiger partial charge on any atom is -0.497 e. The molecular weight excluding hydrogens is 1000 g/mol. The zero-order valence-corrected chi connectivity index (χ0v) is 48.2. The quantitative estimate of drug-likeness (QED) is 0.0391. The van der Waals surface area contributed by atoms with Crippen LogP contribution in [0.5, 0.6) is 23.0 Å². The smallest absolute Gasteiger partial charge is 0.207 e. The van der Waals surface area contributed by atoms with Gasteiger partial charge in [-0.05, 0) is 136 Å². The number of halogens is 1. The van der Waals surface area contributed by atoms with Crippen molar-refractivity contribution in [1.82, 2.24) is 16.0 Å². The van der Waals surface area contributed by atoms with Gasteiger partial charge >= 0.3 is 0 Å². The number of amides is 1. The van der Waals surface area contributed by atoms with E-state index >= 15 is 0 Å². The van der Waals surface area contributed by atoms with E-state index in [-0.39, 0.29) is 43.5 Å². The number of carbonyl (C=O) groups excluding carboxylic acids is 1. The van der Waals surface area contributed by atoms with Crippen molar-refractivity contribution in [2.24, 2.45) is 5.73 Å². The van der Waals surface area contributed by atoms with Crippen LogP contribution >= 0.6 is 12.4 Å². The zero-order chi connectivity index (χ0) is 54.9. The van der Waals surface area contributed by atoms with E-state index in [1.165, 1.54) is 36.8 Å². The summed E-state index contributed by atoms with van der Waals surface area (Å²) in [4.78, 5) is 10.6. The number of methoxy groups -OCH3 is 4. The van der Waals surface area contributed by atoms with Crippen molar-refractivity contribution in [2.45, 2.75) is 182 Å². The Morgan fingerprint density at radius 2 is 0.641 bits per heavy atom. The Balaban J connectivity index is 0.000000271. The Kier molecular flexibility index (Phi) is 30.1. The van der Waals surface area contributed by atoms with Crippen LogP contribution in [0.1, 0.15) is 182 Å². The monoisotopic (exact) mass is 1100 g/mol. The highest BCUT2D eigenvalue weighted by molar-refractivity contribution is 5.85. The van der Waals surface area contributed by atoms with Gasteiger partial charge in [-0.1, -0.05) is 133 Å². The summed E-state index contributed by atoms with van der Waals surface area (Å²) in [6.45, 7) is 2.57. The van der Waals surface area contributed by atoms with Crippen LogP contribution in [0.4, 0.5) is 0 Å².